The molecule has 2 saturated heterocycles. The molecule has 0 unspecified atom stereocenters. The number of hydrogen-bond donors (Lipinski definition) is 1. The zero-order valence-electron chi connectivity index (χ0n) is 18.1. The van der Waals surface area contributed by atoms with Gasteiger partial charge < -0.3 is 19.6 Å². The van der Waals surface area contributed by atoms with Crippen LogP contribution in [-0.4, -0.2) is 55.8 Å². The van der Waals surface area contributed by atoms with E-state index in [0.29, 0.717) is 49.6 Å². The largest absolute Gasteiger partial charge is 0.497 e. The van der Waals surface area contributed by atoms with Crippen molar-refractivity contribution in [2.24, 2.45) is 11.3 Å². The lowest BCUT2D eigenvalue weighted by molar-refractivity contribution is -0.137. The summed E-state index contributed by atoms with van der Waals surface area (Å²) in [7, 11) is 1.55. The highest BCUT2D eigenvalue weighted by molar-refractivity contribution is 5.94. The van der Waals surface area contributed by atoms with Crippen molar-refractivity contribution in [2.75, 3.05) is 44.8 Å². The number of rotatable bonds is 4. The van der Waals surface area contributed by atoms with Gasteiger partial charge in [0.15, 0.2) is 0 Å². The highest BCUT2D eigenvalue weighted by Gasteiger charge is 2.51. The SMILES string of the molecule is COc1ccc(C(=O)N2C[C@H]3CCN(c4ccc(C#N)c(C(F)(F)F)c4)C[C@@]3(CO)C2)cc1. The molecule has 0 radical (unpaired) electrons. The number of likely N-dealkylation sites (tertiary alicyclic amines) is 1. The van der Waals surface area contributed by atoms with Gasteiger partial charge in [-0.05, 0) is 54.8 Å². The highest BCUT2D eigenvalue weighted by Crippen LogP contribution is 2.44. The van der Waals surface area contributed by atoms with Crippen LogP contribution < -0.4 is 9.64 Å². The van der Waals surface area contributed by atoms with Crippen molar-refractivity contribution in [3.8, 4) is 11.8 Å². The Hall–Kier alpha value is -3.25. The summed E-state index contributed by atoms with van der Waals surface area (Å²) in [6.07, 6.45) is -4.00. The van der Waals surface area contributed by atoms with Gasteiger partial charge in [0, 0.05) is 42.8 Å². The van der Waals surface area contributed by atoms with Crippen LogP contribution in [0, 0.1) is 22.7 Å². The summed E-state index contributed by atoms with van der Waals surface area (Å²) < 4.78 is 45.4. The fourth-order valence-electron chi connectivity index (χ4n) is 4.96. The van der Waals surface area contributed by atoms with Crippen molar-refractivity contribution in [3.63, 3.8) is 0 Å². The average Bonchev–Trinajstić information content (AvgIpc) is 3.22. The molecule has 2 aromatic rings. The second kappa shape index (κ2) is 8.60. The van der Waals surface area contributed by atoms with E-state index in [0.717, 1.165) is 6.07 Å². The number of nitriles is 1. The van der Waals surface area contributed by atoms with Crippen LogP contribution in [-0.2, 0) is 6.18 Å². The van der Waals surface area contributed by atoms with E-state index in [-0.39, 0.29) is 18.4 Å². The lowest BCUT2D eigenvalue weighted by Crippen LogP contribution is -2.51. The average molecular weight is 459 g/mol. The zero-order chi connectivity index (χ0) is 23.8. The van der Waals surface area contributed by atoms with Crippen molar-refractivity contribution in [1.82, 2.24) is 4.90 Å². The molecular formula is C24H24F3N3O3. The van der Waals surface area contributed by atoms with Crippen LogP contribution in [0.25, 0.3) is 0 Å². The van der Waals surface area contributed by atoms with Crippen molar-refractivity contribution in [2.45, 2.75) is 12.6 Å². The van der Waals surface area contributed by atoms with Gasteiger partial charge >= 0.3 is 6.18 Å². The minimum absolute atomic E-state index is 0.0430. The molecule has 0 bridgehead atoms. The quantitative estimate of drug-likeness (QED) is 0.757. The molecule has 33 heavy (non-hydrogen) atoms. The maximum absolute atomic E-state index is 13.4. The summed E-state index contributed by atoms with van der Waals surface area (Å²) in [5.41, 5.74) is -1.15. The third-order valence-corrected chi connectivity index (χ3v) is 6.80. The molecular weight excluding hydrogens is 435 g/mol. The molecule has 2 heterocycles. The molecule has 0 aliphatic carbocycles. The van der Waals surface area contributed by atoms with Gasteiger partial charge in [-0.15, -0.1) is 0 Å². The molecule has 4 rings (SSSR count). The minimum Gasteiger partial charge on any atom is -0.497 e. The number of piperidine rings is 1. The van der Waals surface area contributed by atoms with Crippen LogP contribution in [0.1, 0.15) is 27.9 Å². The molecule has 174 valence electrons. The number of benzene rings is 2. The van der Waals surface area contributed by atoms with Gasteiger partial charge in [-0.2, -0.15) is 18.4 Å². The molecule has 6 nitrogen and oxygen atoms in total. The van der Waals surface area contributed by atoms with Crippen LogP contribution >= 0.6 is 0 Å². The van der Waals surface area contributed by atoms with Crippen molar-refractivity contribution >= 4 is 11.6 Å². The lowest BCUT2D eigenvalue weighted by Gasteiger charge is -2.44. The Labute approximate surface area is 189 Å². The number of ether oxygens (including phenoxy) is 1. The van der Waals surface area contributed by atoms with E-state index >= 15 is 0 Å². The fraction of sp³-hybridized carbons (Fsp3) is 0.417. The third kappa shape index (κ3) is 4.23. The maximum atomic E-state index is 13.4. The van der Waals surface area contributed by atoms with E-state index in [1.54, 1.807) is 42.3 Å². The number of methoxy groups -OCH3 is 1. The van der Waals surface area contributed by atoms with Gasteiger partial charge in [0.05, 0.1) is 30.9 Å². The first-order valence-electron chi connectivity index (χ1n) is 10.6. The van der Waals surface area contributed by atoms with Gasteiger partial charge in [-0.3, -0.25) is 4.79 Å². The second-order valence-corrected chi connectivity index (χ2v) is 8.68. The number of alkyl halides is 3. The van der Waals surface area contributed by atoms with E-state index < -0.39 is 22.7 Å². The first-order chi connectivity index (χ1) is 15.7. The van der Waals surface area contributed by atoms with Gasteiger partial charge in [0.2, 0.25) is 0 Å². The summed E-state index contributed by atoms with van der Waals surface area (Å²) in [6.45, 7) is 1.45. The number of fused-ring (bicyclic) bond motifs is 1. The van der Waals surface area contributed by atoms with Gasteiger partial charge in [-0.25, -0.2) is 0 Å². The van der Waals surface area contributed by atoms with Crippen LogP contribution in [0.5, 0.6) is 5.75 Å². The van der Waals surface area contributed by atoms with Crippen LogP contribution in [0.15, 0.2) is 42.5 Å². The summed E-state index contributed by atoms with van der Waals surface area (Å²) in [5, 5.41) is 19.4. The molecule has 2 aliphatic heterocycles. The van der Waals surface area contributed by atoms with E-state index in [1.807, 2.05) is 4.90 Å². The zero-order valence-corrected chi connectivity index (χ0v) is 18.1. The van der Waals surface area contributed by atoms with Gasteiger partial charge in [-0.1, -0.05) is 0 Å². The number of amides is 1. The van der Waals surface area contributed by atoms with Crippen LogP contribution in [0.2, 0.25) is 0 Å². The molecule has 2 atom stereocenters. The molecule has 2 aromatic carbocycles. The van der Waals surface area contributed by atoms with E-state index in [2.05, 4.69) is 0 Å². The topological polar surface area (TPSA) is 76.8 Å². The summed E-state index contributed by atoms with van der Waals surface area (Å²) in [5.74, 6) is 0.537. The highest BCUT2D eigenvalue weighted by atomic mass is 19.4. The first kappa shape index (κ1) is 22.9. The molecule has 0 aromatic heterocycles. The Bertz CT molecular complexity index is 1080. The summed E-state index contributed by atoms with van der Waals surface area (Å²) >= 11 is 0. The Kier molecular flexibility index (Phi) is 5.97. The molecule has 0 saturated carbocycles. The summed E-state index contributed by atoms with van der Waals surface area (Å²) in [6, 6.07) is 12.1. The van der Waals surface area contributed by atoms with Crippen LogP contribution in [0.3, 0.4) is 0 Å². The monoisotopic (exact) mass is 459 g/mol. The number of anilines is 1. The van der Waals surface area contributed by atoms with Crippen LogP contribution in [0.4, 0.5) is 18.9 Å². The van der Waals surface area contributed by atoms with E-state index in [9.17, 15) is 23.1 Å². The Morgan fingerprint density at radius 2 is 1.97 bits per heavy atom. The van der Waals surface area contributed by atoms with Gasteiger partial charge in [0.1, 0.15) is 5.75 Å². The second-order valence-electron chi connectivity index (χ2n) is 8.68. The fourth-order valence-corrected chi connectivity index (χ4v) is 4.96. The minimum atomic E-state index is -4.64. The number of aliphatic hydroxyl groups excluding tert-OH is 1. The first-order valence-corrected chi connectivity index (χ1v) is 10.6. The normalized spacial score (nSPS) is 22.6. The molecule has 1 N–H and O–H groups in total. The lowest BCUT2D eigenvalue weighted by atomic mass is 9.74. The molecule has 9 heteroatoms. The Balaban J connectivity index is 1.56. The summed E-state index contributed by atoms with van der Waals surface area (Å²) in [4.78, 5) is 16.6. The van der Waals surface area contributed by atoms with Crippen molar-refractivity contribution in [3.05, 3.63) is 59.2 Å². The number of nitrogens with zero attached hydrogens (tertiary/aromatic N) is 3. The Morgan fingerprint density at radius 1 is 1.24 bits per heavy atom. The molecule has 1 amide bonds. The van der Waals surface area contributed by atoms with Crippen molar-refractivity contribution in [1.29, 1.82) is 5.26 Å². The number of halogens is 3. The van der Waals surface area contributed by atoms with Crippen molar-refractivity contribution < 1.29 is 27.8 Å². The van der Waals surface area contributed by atoms with E-state index in [4.69, 9.17) is 10.00 Å². The number of aliphatic hydroxyl groups is 1. The predicted molar refractivity (Wildman–Crippen MR) is 115 cm³/mol. The third-order valence-electron chi connectivity index (χ3n) is 6.80. The standard InChI is InChI=1S/C24H24F3N3O3/c1-33-20-6-3-16(4-7-20)22(32)30-12-18-8-9-29(13-23(18,14-30)15-31)19-5-2-17(11-28)21(10-19)24(25,26)27/h2-7,10,18,31H,8-9,12-15H2,1H3/t18-,23+/m1/s1. The maximum Gasteiger partial charge on any atom is 0.417 e. The smallest absolute Gasteiger partial charge is 0.417 e. The Morgan fingerprint density at radius 3 is 2.58 bits per heavy atom. The molecule has 0 spiro atoms. The van der Waals surface area contributed by atoms with Gasteiger partial charge in [0.25, 0.3) is 5.91 Å². The van der Waals surface area contributed by atoms with E-state index in [1.165, 1.54) is 12.1 Å². The molecule has 2 fully saturated rings. The predicted octanol–water partition coefficient (Wildman–Crippen LogP) is 3.55. The number of carbonyl (C=O) groups excluding carboxylic acids is 1. The number of carbonyl (C=O) groups is 1. The molecule has 2 aliphatic rings. The number of hydrogen-bond acceptors (Lipinski definition) is 5.